The normalized spacial score (nSPS) is 12.3. The fourth-order valence-electron chi connectivity index (χ4n) is 9.93. The SMILES string of the molecule is CC1(C)c2ccccc2-c2cc(-c3ccc(N(c4ccccc4-c4ccc(-c5ccccc5)cc4)c4cccc(-c5ccccc5)c4-c4ccccc4-c4ccccc4)cc3)ccc21. The first-order chi connectivity index (χ1) is 31.5. The molecule has 10 aromatic carbocycles. The van der Waals surface area contributed by atoms with E-state index in [1.165, 1.54) is 77.9 Å². The van der Waals surface area contributed by atoms with Crippen LogP contribution in [0.1, 0.15) is 25.0 Å². The topological polar surface area (TPSA) is 3.24 Å². The van der Waals surface area contributed by atoms with Gasteiger partial charge in [-0.2, -0.15) is 0 Å². The molecule has 0 saturated carbocycles. The Balaban J connectivity index is 1.12. The summed E-state index contributed by atoms with van der Waals surface area (Å²) in [4.78, 5) is 2.48. The summed E-state index contributed by atoms with van der Waals surface area (Å²) in [6, 6.07) is 90.9. The number of hydrogen-bond donors (Lipinski definition) is 0. The highest BCUT2D eigenvalue weighted by Gasteiger charge is 2.35. The Labute approximate surface area is 377 Å². The summed E-state index contributed by atoms with van der Waals surface area (Å²) < 4.78 is 0. The Hall–Kier alpha value is -8.00. The van der Waals surface area contributed by atoms with E-state index in [0.29, 0.717) is 0 Å². The number of benzene rings is 10. The lowest BCUT2D eigenvalue weighted by Crippen LogP contribution is -2.14. The maximum absolute atomic E-state index is 2.48. The first kappa shape index (κ1) is 38.9. The van der Waals surface area contributed by atoms with Gasteiger partial charge in [0.1, 0.15) is 0 Å². The molecule has 0 aromatic heterocycles. The molecule has 0 heterocycles. The van der Waals surface area contributed by atoms with Crippen LogP contribution >= 0.6 is 0 Å². The zero-order chi connectivity index (χ0) is 43.0. The molecule has 304 valence electrons. The highest BCUT2D eigenvalue weighted by Crippen LogP contribution is 2.52. The van der Waals surface area contributed by atoms with E-state index in [9.17, 15) is 0 Å². The summed E-state index contributed by atoms with van der Waals surface area (Å²) in [6.45, 7) is 4.69. The van der Waals surface area contributed by atoms with E-state index < -0.39 is 0 Å². The summed E-state index contributed by atoms with van der Waals surface area (Å²) in [5, 5.41) is 0. The number of fused-ring (bicyclic) bond motifs is 3. The lowest BCUT2D eigenvalue weighted by molar-refractivity contribution is 0.660. The molecule has 0 spiro atoms. The van der Waals surface area contributed by atoms with Gasteiger partial charge in [-0.1, -0.05) is 232 Å². The molecule has 0 atom stereocenters. The quantitative estimate of drug-likeness (QED) is 0.140. The molecule has 1 aliphatic rings. The highest BCUT2D eigenvalue weighted by molar-refractivity contribution is 6.02. The smallest absolute Gasteiger partial charge is 0.0546 e. The van der Waals surface area contributed by atoms with Gasteiger partial charge < -0.3 is 4.90 Å². The second-order valence-electron chi connectivity index (χ2n) is 17.3. The molecule has 0 radical (unpaired) electrons. The van der Waals surface area contributed by atoms with Gasteiger partial charge in [0.15, 0.2) is 0 Å². The molecular weight excluding hydrogens is 771 g/mol. The van der Waals surface area contributed by atoms with Crippen LogP contribution in [0.2, 0.25) is 0 Å². The van der Waals surface area contributed by atoms with E-state index in [1.54, 1.807) is 0 Å². The van der Waals surface area contributed by atoms with Crippen molar-refractivity contribution in [1.29, 1.82) is 0 Å². The third-order valence-electron chi connectivity index (χ3n) is 13.1. The molecule has 11 rings (SSSR count). The largest absolute Gasteiger partial charge is 0.309 e. The molecule has 1 aliphatic carbocycles. The number of para-hydroxylation sites is 1. The summed E-state index contributed by atoms with van der Waals surface area (Å²) in [5.41, 5.74) is 22.9. The van der Waals surface area contributed by atoms with Gasteiger partial charge in [0, 0.05) is 22.2 Å². The Bertz CT molecular complexity index is 3260. The van der Waals surface area contributed by atoms with Gasteiger partial charge >= 0.3 is 0 Å². The van der Waals surface area contributed by atoms with Gasteiger partial charge in [-0.3, -0.25) is 0 Å². The van der Waals surface area contributed by atoms with Gasteiger partial charge in [-0.25, -0.2) is 0 Å². The van der Waals surface area contributed by atoms with Crippen molar-refractivity contribution in [3.8, 4) is 77.9 Å². The minimum Gasteiger partial charge on any atom is -0.309 e. The lowest BCUT2D eigenvalue weighted by Gasteiger charge is -2.31. The first-order valence-electron chi connectivity index (χ1n) is 22.3. The van der Waals surface area contributed by atoms with Crippen LogP contribution in [0.3, 0.4) is 0 Å². The third kappa shape index (κ3) is 6.93. The molecule has 0 fully saturated rings. The Morgan fingerprint density at radius 1 is 0.266 bits per heavy atom. The predicted molar refractivity (Wildman–Crippen MR) is 271 cm³/mol. The molecule has 1 nitrogen and oxygen atoms in total. The highest BCUT2D eigenvalue weighted by atomic mass is 15.1. The van der Waals surface area contributed by atoms with E-state index >= 15 is 0 Å². The van der Waals surface area contributed by atoms with Crippen molar-refractivity contribution in [1.82, 2.24) is 0 Å². The lowest BCUT2D eigenvalue weighted by atomic mass is 9.82. The Morgan fingerprint density at radius 3 is 1.38 bits per heavy atom. The van der Waals surface area contributed by atoms with E-state index in [2.05, 4.69) is 267 Å². The van der Waals surface area contributed by atoms with Crippen molar-refractivity contribution in [2.24, 2.45) is 0 Å². The van der Waals surface area contributed by atoms with Crippen molar-refractivity contribution < 1.29 is 0 Å². The molecule has 1 heteroatoms. The average Bonchev–Trinajstić information content (AvgIpc) is 3.60. The van der Waals surface area contributed by atoms with E-state index in [0.717, 1.165) is 28.2 Å². The maximum Gasteiger partial charge on any atom is 0.0546 e. The van der Waals surface area contributed by atoms with Crippen LogP contribution in [0.15, 0.2) is 249 Å². The molecule has 0 unspecified atom stereocenters. The van der Waals surface area contributed by atoms with E-state index in [-0.39, 0.29) is 5.41 Å². The standard InChI is InChI=1S/C63H47N/c1-63(2)58-30-16-14-27-55(58)57-43-50(39-42-59(57)63)46-37-40-51(41-38-46)64(60-31-17-15-26-53(60)49-35-33-45(34-36-49)44-19-6-3-7-20-44)61-32-18-29-54(48-23-10-5-11-24-48)62(61)56-28-13-12-25-52(56)47-21-8-4-9-22-47/h3-43H,1-2H3. The van der Waals surface area contributed by atoms with Gasteiger partial charge in [0.05, 0.1) is 11.4 Å². The number of rotatable bonds is 9. The van der Waals surface area contributed by atoms with Gasteiger partial charge in [-0.05, 0) is 108 Å². The minimum atomic E-state index is -0.0325. The maximum atomic E-state index is 2.48. The average molecular weight is 818 g/mol. The van der Waals surface area contributed by atoms with Crippen molar-refractivity contribution in [2.45, 2.75) is 19.3 Å². The number of anilines is 3. The fourth-order valence-corrected chi connectivity index (χ4v) is 9.93. The van der Waals surface area contributed by atoms with Crippen LogP contribution in [-0.2, 0) is 5.41 Å². The van der Waals surface area contributed by atoms with Crippen LogP contribution in [0.4, 0.5) is 17.1 Å². The van der Waals surface area contributed by atoms with Crippen molar-refractivity contribution in [3.63, 3.8) is 0 Å². The molecule has 0 saturated heterocycles. The Morgan fingerprint density at radius 2 is 0.688 bits per heavy atom. The van der Waals surface area contributed by atoms with Crippen molar-refractivity contribution >= 4 is 17.1 Å². The van der Waals surface area contributed by atoms with Gasteiger partial charge in [0.2, 0.25) is 0 Å². The van der Waals surface area contributed by atoms with Crippen LogP contribution in [0, 0.1) is 0 Å². The van der Waals surface area contributed by atoms with Gasteiger partial charge in [0.25, 0.3) is 0 Å². The van der Waals surface area contributed by atoms with Crippen LogP contribution in [-0.4, -0.2) is 0 Å². The second-order valence-corrected chi connectivity index (χ2v) is 17.3. The van der Waals surface area contributed by atoms with Crippen molar-refractivity contribution in [3.05, 3.63) is 260 Å². The summed E-state index contributed by atoms with van der Waals surface area (Å²) in [7, 11) is 0. The third-order valence-corrected chi connectivity index (χ3v) is 13.1. The van der Waals surface area contributed by atoms with Crippen LogP contribution in [0.25, 0.3) is 77.9 Å². The van der Waals surface area contributed by atoms with E-state index in [4.69, 9.17) is 0 Å². The minimum absolute atomic E-state index is 0.0325. The molecule has 64 heavy (non-hydrogen) atoms. The number of hydrogen-bond acceptors (Lipinski definition) is 1. The molecule has 10 aromatic rings. The zero-order valence-electron chi connectivity index (χ0n) is 36.1. The molecule has 0 amide bonds. The Kier molecular flexibility index (Phi) is 9.94. The second kappa shape index (κ2) is 16.4. The zero-order valence-corrected chi connectivity index (χ0v) is 36.1. The molecule has 0 aliphatic heterocycles. The van der Waals surface area contributed by atoms with Gasteiger partial charge in [-0.15, -0.1) is 0 Å². The molecule has 0 bridgehead atoms. The van der Waals surface area contributed by atoms with Crippen molar-refractivity contribution in [2.75, 3.05) is 4.90 Å². The first-order valence-corrected chi connectivity index (χ1v) is 22.3. The number of nitrogens with zero attached hydrogens (tertiary/aromatic N) is 1. The predicted octanol–water partition coefficient (Wildman–Crippen LogP) is 17.5. The molecule has 0 N–H and O–H groups in total. The summed E-state index contributed by atoms with van der Waals surface area (Å²) in [6.07, 6.45) is 0. The van der Waals surface area contributed by atoms with Crippen LogP contribution < -0.4 is 4.90 Å². The summed E-state index contributed by atoms with van der Waals surface area (Å²) in [5.74, 6) is 0. The molecular formula is C63H47N. The fraction of sp³-hybridized carbons (Fsp3) is 0.0476. The van der Waals surface area contributed by atoms with E-state index in [1.807, 2.05) is 0 Å². The van der Waals surface area contributed by atoms with Crippen LogP contribution in [0.5, 0.6) is 0 Å². The monoisotopic (exact) mass is 817 g/mol. The summed E-state index contributed by atoms with van der Waals surface area (Å²) >= 11 is 0.